The molecule has 0 aliphatic heterocycles. The molecule has 2 rings (SSSR count). The smallest absolute Gasteiger partial charge is 0.0669 e. The minimum absolute atomic E-state index is 0.459. The van der Waals surface area contributed by atoms with Crippen LogP contribution in [0.5, 0.6) is 0 Å². The molecule has 74 valence electrons. The molecule has 0 heterocycles. The van der Waals surface area contributed by atoms with Gasteiger partial charge in [0.15, 0.2) is 0 Å². The van der Waals surface area contributed by atoms with Crippen molar-refractivity contribution in [3.8, 4) is 6.07 Å². The summed E-state index contributed by atoms with van der Waals surface area (Å²) in [5, 5.41) is 11.0. The number of nitrogens with zero attached hydrogens (tertiary/aromatic N) is 1. The van der Waals surface area contributed by atoms with Crippen LogP contribution >= 0.6 is 11.6 Å². The average molecular weight is 216 g/mol. The van der Waals surface area contributed by atoms with Crippen LogP contribution in [0, 0.1) is 11.3 Å². The SMILES string of the molecule is N#CCc1ccc2ccc(CCl)cc2c1. The third-order valence-corrected chi connectivity index (χ3v) is 2.72. The first-order chi connectivity index (χ1) is 7.33. The lowest BCUT2D eigenvalue weighted by molar-refractivity contribution is 1.27. The number of fused-ring (bicyclic) bond motifs is 1. The normalized spacial score (nSPS) is 10.1. The lowest BCUT2D eigenvalue weighted by Gasteiger charge is -2.02. The summed E-state index contributed by atoms with van der Waals surface area (Å²) in [6.07, 6.45) is 0.459. The van der Waals surface area contributed by atoms with Gasteiger partial charge in [0.05, 0.1) is 12.5 Å². The fourth-order valence-corrected chi connectivity index (χ4v) is 1.80. The largest absolute Gasteiger partial charge is 0.198 e. The maximum Gasteiger partial charge on any atom is 0.0669 e. The van der Waals surface area contributed by atoms with Crippen molar-refractivity contribution in [2.45, 2.75) is 12.3 Å². The van der Waals surface area contributed by atoms with Gasteiger partial charge < -0.3 is 0 Å². The standard InChI is InChI=1S/C13H10ClN/c14-9-11-2-4-12-3-1-10(5-6-15)7-13(12)8-11/h1-4,7-8H,5,9H2. The first kappa shape index (κ1) is 10.0. The van der Waals surface area contributed by atoms with Crippen LogP contribution in [-0.2, 0) is 12.3 Å². The summed E-state index contributed by atoms with van der Waals surface area (Å²) < 4.78 is 0. The van der Waals surface area contributed by atoms with E-state index >= 15 is 0 Å². The Bertz CT molecular complexity index is 526. The van der Waals surface area contributed by atoms with Gasteiger partial charge in [0.1, 0.15) is 0 Å². The molecule has 0 unspecified atom stereocenters. The van der Waals surface area contributed by atoms with Crippen LogP contribution in [-0.4, -0.2) is 0 Å². The Kier molecular flexibility index (Phi) is 2.89. The van der Waals surface area contributed by atoms with Crippen LogP contribution in [0.25, 0.3) is 10.8 Å². The van der Waals surface area contributed by atoms with Crippen molar-refractivity contribution in [3.63, 3.8) is 0 Å². The van der Waals surface area contributed by atoms with Crippen molar-refractivity contribution in [2.24, 2.45) is 0 Å². The van der Waals surface area contributed by atoms with Gasteiger partial charge >= 0.3 is 0 Å². The summed E-state index contributed by atoms with van der Waals surface area (Å²) in [5.41, 5.74) is 2.16. The fraction of sp³-hybridized carbons (Fsp3) is 0.154. The van der Waals surface area contributed by atoms with Crippen LogP contribution in [0.1, 0.15) is 11.1 Å². The molecule has 15 heavy (non-hydrogen) atoms. The molecule has 0 aromatic heterocycles. The summed E-state index contributed by atoms with van der Waals surface area (Å²) >= 11 is 5.78. The third-order valence-electron chi connectivity index (χ3n) is 2.41. The van der Waals surface area contributed by atoms with E-state index in [1.807, 2.05) is 18.2 Å². The second-order valence-electron chi connectivity index (χ2n) is 3.48. The second-order valence-corrected chi connectivity index (χ2v) is 3.75. The first-order valence-corrected chi connectivity index (χ1v) is 5.31. The zero-order chi connectivity index (χ0) is 10.7. The Hall–Kier alpha value is -1.52. The molecular formula is C13H10ClN. The molecule has 1 nitrogen and oxygen atoms in total. The Morgan fingerprint density at radius 2 is 1.67 bits per heavy atom. The molecule has 2 aromatic rings. The number of nitriles is 1. The van der Waals surface area contributed by atoms with E-state index in [2.05, 4.69) is 24.3 Å². The summed E-state index contributed by atoms with van der Waals surface area (Å²) in [6, 6.07) is 14.4. The van der Waals surface area contributed by atoms with E-state index in [1.165, 1.54) is 5.39 Å². The Morgan fingerprint density at radius 1 is 1.00 bits per heavy atom. The van der Waals surface area contributed by atoms with Crippen LogP contribution in [0.4, 0.5) is 0 Å². The number of hydrogen-bond acceptors (Lipinski definition) is 1. The van der Waals surface area contributed by atoms with E-state index in [0.29, 0.717) is 12.3 Å². The predicted molar refractivity (Wildman–Crippen MR) is 62.8 cm³/mol. The van der Waals surface area contributed by atoms with Crippen LogP contribution in [0.15, 0.2) is 36.4 Å². The van der Waals surface area contributed by atoms with Gasteiger partial charge in [-0.25, -0.2) is 0 Å². The van der Waals surface area contributed by atoms with Crippen molar-refractivity contribution < 1.29 is 0 Å². The van der Waals surface area contributed by atoms with E-state index in [0.717, 1.165) is 16.5 Å². The maximum absolute atomic E-state index is 8.62. The van der Waals surface area contributed by atoms with Crippen LogP contribution in [0.2, 0.25) is 0 Å². The highest BCUT2D eigenvalue weighted by Crippen LogP contribution is 2.19. The maximum atomic E-state index is 8.62. The molecule has 0 spiro atoms. The van der Waals surface area contributed by atoms with Crippen molar-refractivity contribution in [1.82, 2.24) is 0 Å². The minimum atomic E-state index is 0.459. The van der Waals surface area contributed by atoms with E-state index < -0.39 is 0 Å². The number of hydrogen-bond donors (Lipinski definition) is 0. The molecule has 0 saturated heterocycles. The van der Waals surface area contributed by atoms with E-state index in [1.54, 1.807) is 0 Å². The quantitative estimate of drug-likeness (QED) is 0.702. The van der Waals surface area contributed by atoms with Crippen molar-refractivity contribution in [3.05, 3.63) is 47.5 Å². The fourth-order valence-electron chi connectivity index (χ4n) is 1.63. The van der Waals surface area contributed by atoms with Gasteiger partial charge in [-0.15, -0.1) is 11.6 Å². The third kappa shape index (κ3) is 2.11. The van der Waals surface area contributed by atoms with Crippen molar-refractivity contribution in [1.29, 1.82) is 5.26 Å². The van der Waals surface area contributed by atoms with Gasteiger partial charge in [-0.05, 0) is 28.0 Å². The molecule has 0 saturated carbocycles. The van der Waals surface area contributed by atoms with Gasteiger partial charge in [-0.3, -0.25) is 0 Å². The van der Waals surface area contributed by atoms with E-state index in [9.17, 15) is 0 Å². The Morgan fingerprint density at radius 3 is 2.33 bits per heavy atom. The van der Waals surface area contributed by atoms with Gasteiger partial charge in [0.25, 0.3) is 0 Å². The lowest BCUT2D eigenvalue weighted by atomic mass is 10.0. The van der Waals surface area contributed by atoms with Gasteiger partial charge in [-0.1, -0.05) is 30.3 Å². The highest BCUT2D eigenvalue weighted by molar-refractivity contribution is 6.17. The number of alkyl halides is 1. The second kappa shape index (κ2) is 4.33. The minimum Gasteiger partial charge on any atom is -0.198 e. The molecule has 0 aliphatic carbocycles. The zero-order valence-corrected chi connectivity index (χ0v) is 8.96. The molecule has 0 fully saturated rings. The molecular weight excluding hydrogens is 206 g/mol. The highest BCUT2D eigenvalue weighted by Gasteiger charge is 1.98. The topological polar surface area (TPSA) is 23.8 Å². The lowest BCUT2D eigenvalue weighted by Crippen LogP contribution is -1.83. The highest BCUT2D eigenvalue weighted by atomic mass is 35.5. The number of benzene rings is 2. The molecule has 0 radical (unpaired) electrons. The molecule has 0 atom stereocenters. The zero-order valence-electron chi connectivity index (χ0n) is 8.20. The van der Waals surface area contributed by atoms with Gasteiger partial charge in [-0.2, -0.15) is 5.26 Å². The Balaban J connectivity index is 2.53. The number of rotatable bonds is 2. The summed E-state index contributed by atoms with van der Waals surface area (Å²) in [5.74, 6) is 0.526. The summed E-state index contributed by atoms with van der Waals surface area (Å²) in [7, 11) is 0. The van der Waals surface area contributed by atoms with E-state index in [-0.39, 0.29) is 0 Å². The van der Waals surface area contributed by atoms with Gasteiger partial charge in [0, 0.05) is 5.88 Å². The molecule has 0 amide bonds. The van der Waals surface area contributed by atoms with Gasteiger partial charge in [0.2, 0.25) is 0 Å². The monoisotopic (exact) mass is 215 g/mol. The average Bonchev–Trinajstić information content (AvgIpc) is 2.28. The first-order valence-electron chi connectivity index (χ1n) is 4.78. The van der Waals surface area contributed by atoms with Crippen molar-refractivity contribution in [2.75, 3.05) is 0 Å². The number of halogens is 1. The summed E-state index contributed by atoms with van der Waals surface area (Å²) in [4.78, 5) is 0. The molecule has 0 bridgehead atoms. The molecule has 0 N–H and O–H groups in total. The Labute approximate surface area is 93.9 Å². The van der Waals surface area contributed by atoms with Crippen LogP contribution in [0.3, 0.4) is 0 Å². The molecule has 2 heteroatoms. The van der Waals surface area contributed by atoms with Crippen molar-refractivity contribution >= 4 is 22.4 Å². The molecule has 0 aliphatic rings. The molecule has 2 aromatic carbocycles. The summed E-state index contributed by atoms with van der Waals surface area (Å²) in [6.45, 7) is 0. The van der Waals surface area contributed by atoms with E-state index in [4.69, 9.17) is 16.9 Å². The predicted octanol–water partition coefficient (Wildman–Crippen LogP) is 3.64. The van der Waals surface area contributed by atoms with Crippen LogP contribution < -0.4 is 0 Å².